The Morgan fingerprint density at radius 2 is 2.06 bits per heavy atom. The van der Waals surface area contributed by atoms with E-state index in [0.717, 1.165) is 22.0 Å². The summed E-state index contributed by atoms with van der Waals surface area (Å²) in [5.41, 5.74) is 8.50. The Morgan fingerprint density at radius 3 is 2.82 bits per heavy atom. The van der Waals surface area contributed by atoms with E-state index in [1.807, 2.05) is 53.1 Å². The largest absolute Gasteiger partial charge is 0.383 e. The summed E-state index contributed by atoms with van der Waals surface area (Å²) in [6, 6.07) is 12.8. The Bertz CT molecular complexity index is 1210. The Balaban J connectivity index is 1.39. The molecule has 7 nitrogen and oxygen atoms in total. The van der Waals surface area contributed by atoms with Crippen molar-refractivity contribution in [2.45, 2.75) is 25.9 Å². The van der Waals surface area contributed by atoms with Gasteiger partial charge in [0.05, 0.1) is 18.1 Å². The molecule has 1 aromatic heterocycles. The number of hydrogen-bond acceptors (Lipinski definition) is 6. The van der Waals surface area contributed by atoms with E-state index in [4.69, 9.17) is 17.3 Å². The first-order valence-electron chi connectivity index (χ1n) is 10.9. The molecule has 2 aromatic carbocycles. The van der Waals surface area contributed by atoms with Gasteiger partial charge in [-0.05, 0) is 47.9 Å². The van der Waals surface area contributed by atoms with Crippen molar-refractivity contribution >= 4 is 46.1 Å². The smallest absolute Gasteiger partial charge is 0.237 e. The van der Waals surface area contributed by atoms with Gasteiger partial charge >= 0.3 is 0 Å². The SMILES string of the molecule is CC[C@@H](C(=O)/C=C/c1cccc(Cl)c1)N1CCN(Cc2ccc3c(N)ncnc3c2)C(=O)C1. The average Bonchev–Trinajstić information content (AvgIpc) is 2.80. The Kier molecular flexibility index (Phi) is 7.01. The summed E-state index contributed by atoms with van der Waals surface area (Å²) in [4.78, 5) is 37.8. The van der Waals surface area contributed by atoms with Crippen LogP contribution in [0.1, 0.15) is 24.5 Å². The van der Waals surface area contributed by atoms with Gasteiger partial charge in [-0.3, -0.25) is 14.5 Å². The van der Waals surface area contributed by atoms with Crippen LogP contribution in [0.2, 0.25) is 5.02 Å². The van der Waals surface area contributed by atoms with Gasteiger partial charge in [-0.2, -0.15) is 0 Å². The van der Waals surface area contributed by atoms with Crippen LogP contribution in [0.15, 0.2) is 54.9 Å². The molecule has 0 aliphatic carbocycles. The number of fused-ring (bicyclic) bond motifs is 1. The van der Waals surface area contributed by atoms with Crippen molar-refractivity contribution in [2.75, 3.05) is 25.4 Å². The third kappa shape index (κ3) is 5.38. The zero-order valence-corrected chi connectivity index (χ0v) is 19.2. The van der Waals surface area contributed by atoms with Crippen molar-refractivity contribution in [3.05, 3.63) is 71.0 Å². The van der Waals surface area contributed by atoms with Gasteiger partial charge in [0.2, 0.25) is 5.91 Å². The fraction of sp³-hybridized carbons (Fsp3) is 0.280. The molecule has 1 aliphatic heterocycles. The summed E-state index contributed by atoms with van der Waals surface area (Å²) in [6.07, 6.45) is 5.43. The third-order valence-electron chi connectivity index (χ3n) is 5.90. The van der Waals surface area contributed by atoms with E-state index in [1.54, 1.807) is 18.2 Å². The quantitative estimate of drug-likeness (QED) is 0.538. The van der Waals surface area contributed by atoms with Gasteiger partial charge in [0.25, 0.3) is 0 Å². The number of anilines is 1. The molecule has 0 spiro atoms. The number of aromatic nitrogens is 2. The molecule has 2 N–H and O–H groups in total. The summed E-state index contributed by atoms with van der Waals surface area (Å²) in [5, 5.41) is 1.42. The number of carbonyl (C=O) groups is 2. The minimum Gasteiger partial charge on any atom is -0.383 e. The lowest BCUT2D eigenvalue weighted by Gasteiger charge is -2.37. The topological polar surface area (TPSA) is 92.4 Å². The molecule has 3 aromatic rings. The van der Waals surface area contributed by atoms with Gasteiger partial charge in [0.15, 0.2) is 5.78 Å². The van der Waals surface area contributed by atoms with Gasteiger partial charge in [-0.1, -0.05) is 42.8 Å². The Hall–Kier alpha value is -3.29. The first kappa shape index (κ1) is 22.9. The molecule has 0 radical (unpaired) electrons. The predicted octanol–water partition coefficient (Wildman–Crippen LogP) is 3.57. The number of hydrogen-bond donors (Lipinski definition) is 1. The summed E-state index contributed by atoms with van der Waals surface area (Å²) < 4.78 is 0. The van der Waals surface area contributed by atoms with Gasteiger partial charge in [-0.15, -0.1) is 0 Å². The Labute approximate surface area is 197 Å². The maximum Gasteiger partial charge on any atom is 0.237 e. The lowest BCUT2D eigenvalue weighted by Crippen LogP contribution is -2.54. The second kappa shape index (κ2) is 10.1. The second-order valence-corrected chi connectivity index (χ2v) is 8.55. The molecule has 1 atom stereocenters. The van der Waals surface area contributed by atoms with Gasteiger partial charge in [-0.25, -0.2) is 9.97 Å². The van der Waals surface area contributed by atoms with Crippen molar-refractivity contribution in [1.29, 1.82) is 0 Å². The molecule has 2 heterocycles. The zero-order chi connectivity index (χ0) is 23.4. The van der Waals surface area contributed by atoms with Gasteiger partial charge < -0.3 is 10.6 Å². The first-order valence-corrected chi connectivity index (χ1v) is 11.3. The molecule has 1 saturated heterocycles. The van der Waals surface area contributed by atoms with E-state index < -0.39 is 0 Å². The number of halogens is 1. The van der Waals surface area contributed by atoms with E-state index in [-0.39, 0.29) is 24.3 Å². The molecule has 0 unspecified atom stereocenters. The number of nitrogens with zero attached hydrogens (tertiary/aromatic N) is 4. The van der Waals surface area contributed by atoms with Crippen molar-refractivity contribution in [1.82, 2.24) is 19.8 Å². The van der Waals surface area contributed by atoms with Crippen LogP contribution in [0.25, 0.3) is 17.0 Å². The average molecular weight is 464 g/mol. The van der Waals surface area contributed by atoms with E-state index in [1.165, 1.54) is 6.33 Å². The van der Waals surface area contributed by atoms with E-state index in [0.29, 0.717) is 36.9 Å². The van der Waals surface area contributed by atoms with Crippen LogP contribution < -0.4 is 5.73 Å². The maximum atomic E-state index is 12.9. The number of piperazine rings is 1. The summed E-state index contributed by atoms with van der Waals surface area (Å²) in [5.74, 6) is 0.440. The van der Waals surface area contributed by atoms with E-state index >= 15 is 0 Å². The van der Waals surface area contributed by atoms with Gasteiger partial charge in [0.1, 0.15) is 12.1 Å². The number of nitrogens with two attached hydrogens (primary N) is 1. The lowest BCUT2D eigenvalue weighted by molar-refractivity contribution is -0.139. The summed E-state index contributed by atoms with van der Waals surface area (Å²) in [7, 11) is 0. The fourth-order valence-corrected chi connectivity index (χ4v) is 4.34. The highest BCUT2D eigenvalue weighted by Crippen LogP contribution is 2.20. The molecule has 1 aliphatic rings. The zero-order valence-electron chi connectivity index (χ0n) is 18.4. The number of carbonyl (C=O) groups excluding carboxylic acids is 2. The standard InChI is InChI=1S/C25H26ClN5O2/c1-2-22(23(32)9-7-17-4-3-5-19(26)12-17)30-10-11-31(24(33)15-30)14-18-6-8-20-21(13-18)28-16-29-25(20)27/h3-9,12-13,16,22H,2,10-11,14-15H2,1H3,(H2,27,28,29)/b9-7+/t22-/m0/s1. The molecule has 8 heteroatoms. The lowest BCUT2D eigenvalue weighted by atomic mass is 10.0. The third-order valence-corrected chi connectivity index (χ3v) is 6.13. The van der Waals surface area contributed by atoms with E-state index in [2.05, 4.69) is 9.97 Å². The Morgan fingerprint density at radius 1 is 1.21 bits per heavy atom. The maximum absolute atomic E-state index is 12.9. The highest BCUT2D eigenvalue weighted by Gasteiger charge is 2.30. The van der Waals surface area contributed by atoms with Crippen LogP contribution in [-0.2, 0) is 16.1 Å². The summed E-state index contributed by atoms with van der Waals surface area (Å²) in [6.45, 7) is 3.88. The molecule has 1 fully saturated rings. The fourth-order valence-electron chi connectivity index (χ4n) is 4.14. The van der Waals surface area contributed by atoms with Crippen LogP contribution in [-0.4, -0.2) is 57.1 Å². The number of nitrogen functional groups attached to an aromatic ring is 1. The minimum absolute atomic E-state index is 0.00798. The molecular weight excluding hydrogens is 438 g/mol. The minimum atomic E-state index is -0.327. The highest BCUT2D eigenvalue weighted by molar-refractivity contribution is 6.30. The van der Waals surface area contributed by atoms with Crippen molar-refractivity contribution in [3.63, 3.8) is 0 Å². The summed E-state index contributed by atoms with van der Waals surface area (Å²) >= 11 is 6.01. The first-order chi connectivity index (χ1) is 15.9. The monoisotopic (exact) mass is 463 g/mol. The molecule has 1 amide bonds. The number of rotatable bonds is 7. The van der Waals surface area contributed by atoms with Crippen molar-refractivity contribution < 1.29 is 9.59 Å². The van der Waals surface area contributed by atoms with Gasteiger partial charge in [0, 0.05) is 30.0 Å². The van der Waals surface area contributed by atoms with Crippen LogP contribution in [0.5, 0.6) is 0 Å². The number of ketones is 1. The predicted molar refractivity (Wildman–Crippen MR) is 131 cm³/mol. The molecule has 4 rings (SSSR count). The number of benzene rings is 2. The van der Waals surface area contributed by atoms with Crippen LogP contribution in [0.3, 0.4) is 0 Å². The van der Waals surface area contributed by atoms with Crippen LogP contribution in [0, 0.1) is 0 Å². The normalized spacial score (nSPS) is 15.9. The van der Waals surface area contributed by atoms with Crippen molar-refractivity contribution in [3.8, 4) is 0 Å². The molecule has 33 heavy (non-hydrogen) atoms. The molecule has 0 bridgehead atoms. The number of amides is 1. The molecule has 170 valence electrons. The highest BCUT2D eigenvalue weighted by atomic mass is 35.5. The van der Waals surface area contributed by atoms with E-state index in [9.17, 15) is 9.59 Å². The second-order valence-electron chi connectivity index (χ2n) is 8.11. The molecule has 0 saturated carbocycles. The van der Waals surface area contributed by atoms with Crippen LogP contribution >= 0.6 is 11.6 Å². The molecular formula is C25H26ClN5O2. The van der Waals surface area contributed by atoms with Crippen molar-refractivity contribution in [2.24, 2.45) is 0 Å². The van der Waals surface area contributed by atoms with Crippen LogP contribution in [0.4, 0.5) is 5.82 Å².